The number of nitrogens with zero attached hydrogens (tertiary/aromatic N) is 1. The predicted molar refractivity (Wildman–Crippen MR) is 50.8 cm³/mol. The normalized spacial score (nSPS) is 10.8. The molecule has 2 nitrogen and oxygen atoms in total. The van der Waals surface area contributed by atoms with Gasteiger partial charge in [0.1, 0.15) is 0 Å². The van der Waals surface area contributed by atoms with E-state index in [0.717, 1.165) is 25.1 Å². The molecule has 2 N–H and O–H groups in total. The molecule has 1 aromatic heterocycles. The van der Waals surface area contributed by atoms with Crippen LogP contribution in [0.5, 0.6) is 0 Å². The fourth-order valence-electron chi connectivity index (χ4n) is 0.937. The average Bonchev–Trinajstić information content (AvgIpc) is 2.14. The van der Waals surface area contributed by atoms with Crippen molar-refractivity contribution >= 4 is 0 Å². The summed E-state index contributed by atoms with van der Waals surface area (Å²) in [6.07, 6.45) is 7.86. The Morgan fingerprint density at radius 3 is 2.92 bits per heavy atom. The zero-order valence-corrected chi connectivity index (χ0v) is 7.11. The minimum atomic E-state index is 0.721. The van der Waals surface area contributed by atoms with Crippen molar-refractivity contribution in [3.05, 3.63) is 42.2 Å². The van der Waals surface area contributed by atoms with Crippen LogP contribution in [0.4, 0.5) is 0 Å². The monoisotopic (exact) mass is 162 g/mol. The molecule has 0 spiro atoms. The molecular weight excluding hydrogens is 148 g/mol. The summed E-state index contributed by atoms with van der Waals surface area (Å²) < 4.78 is 0. The second-order valence-electron chi connectivity index (χ2n) is 2.57. The van der Waals surface area contributed by atoms with Gasteiger partial charge in [-0.05, 0) is 25.1 Å². The van der Waals surface area contributed by atoms with Crippen LogP contribution in [-0.4, -0.2) is 11.5 Å². The van der Waals surface area contributed by atoms with Gasteiger partial charge in [-0.25, -0.2) is 0 Å². The summed E-state index contributed by atoms with van der Waals surface area (Å²) >= 11 is 0. The summed E-state index contributed by atoms with van der Waals surface area (Å²) in [5.41, 5.74) is 6.44. The largest absolute Gasteiger partial charge is 0.330 e. The average molecular weight is 162 g/mol. The Balaban J connectivity index is 2.33. The molecule has 2 heteroatoms. The van der Waals surface area contributed by atoms with Gasteiger partial charge in [0.05, 0.1) is 0 Å². The molecule has 0 aliphatic carbocycles. The standard InChI is InChI=1S/C10H14N2/c11-8-4-1-2-6-10-7-3-5-9-12-10/h1-3,5,7,9H,4,6,8,11H2. The number of aromatic nitrogens is 1. The minimum Gasteiger partial charge on any atom is -0.330 e. The van der Waals surface area contributed by atoms with Gasteiger partial charge in [0.15, 0.2) is 0 Å². The lowest BCUT2D eigenvalue weighted by atomic mass is 10.2. The minimum absolute atomic E-state index is 0.721. The molecule has 0 fully saturated rings. The number of hydrogen-bond donors (Lipinski definition) is 1. The summed E-state index contributed by atoms with van der Waals surface area (Å²) in [4.78, 5) is 4.19. The molecule has 1 aromatic rings. The number of rotatable bonds is 4. The Hall–Kier alpha value is -1.15. The first-order chi connectivity index (χ1) is 5.93. The van der Waals surface area contributed by atoms with Gasteiger partial charge in [0.2, 0.25) is 0 Å². The number of allylic oxidation sites excluding steroid dienone is 1. The first kappa shape index (κ1) is 8.94. The molecule has 0 aliphatic rings. The summed E-state index contributed by atoms with van der Waals surface area (Å²) in [5.74, 6) is 0. The maximum Gasteiger partial charge on any atom is 0.0441 e. The smallest absolute Gasteiger partial charge is 0.0441 e. The van der Waals surface area contributed by atoms with Gasteiger partial charge >= 0.3 is 0 Å². The molecule has 0 aliphatic heterocycles. The van der Waals surface area contributed by atoms with Gasteiger partial charge in [-0.1, -0.05) is 18.2 Å². The van der Waals surface area contributed by atoms with Gasteiger partial charge in [-0.3, -0.25) is 4.98 Å². The van der Waals surface area contributed by atoms with Gasteiger partial charge in [-0.15, -0.1) is 0 Å². The second kappa shape index (κ2) is 5.49. The van der Waals surface area contributed by atoms with Crippen LogP contribution in [0.15, 0.2) is 36.5 Å². The lowest BCUT2D eigenvalue weighted by Gasteiger charge is -1.92. The second-order valence-corrected chi connectivity index (χ2v) is 2.57. The van der Waals surface area contributed by atoms with Crippen LogP contribution in [0.2, 0.25) is 0 Å². The third kappa shape index (κ3) is 3.30. The highest BCUT2D eigenvalue weighted by atomic mass is 14.7. The van der Waals surface area contributed by atoms with E-state index in [-0.39, 0.29) is 0 Å². The highest BCUT2D eigenvalue weighted by Crippen LogP contribution is 1.95. The van der Waals surface area contributed by atoms with E-state index in [1.165, 1.54) is 0 Å². The Morgan fingerprint density at radius 2 is 2.25 bits per heavy atom. The molecule has 64 valence electrons. The van der Waals surface area contributed by atoms with Crippen LogP contribution in [0.25, 0.3) is 0 Å². The van der Waals surface area contributed by atoms with E-state index < -0.39 is 0 Å². The van der Waals surface area contributed by atoms with Crippen molar-refractivity contribution in [3.8, 4) is 0 Å². The zero-order valence-electron chi connectivity index (χ0n) is 7.11. The predicted octanol–water partition coefficient (Wildman–Crippen LogP) is 1.53. The van der Waals surface area contributed by atoms with Crippen molar-refractivity contribution in [2.75, 3.05) is 6.54 Å². The Bertz CT molecular complexity index is 229. The molecule has 1 heterocycles. The van der Waals surface area contributed by atoms with Gasteiger partial charge < -0.3 is 5.73 Å². The van der Waals surface area contributed by atoms with Gasteiger partial charge in [0.25, 0.3) is 0 Å². The van der Waals surface area contributed by atoms with Crippen molar-refractivity contribution in [2.24, 2.45) is 5.73 Å². The highest BCUT2D eigenvalue weighted by Gasteiger charge is 1.86. The molecule has 0 saturated carbocycles. The van der Waals surface area contributed by atoms with E-state index in [4.69, 9.17) is 5.73 Å². The molecule has 0 bridgehead atoms. The third-order valence-electron chi connectivity index (χ3n) is 1.55. The molecule has 1 rings (SSSR count). The van der Waals surface area contributed by atoms with Gasteiger partial charge in [-0.2, -0.15) is 0 Å². The van der Waals surface area contributed by atoms with E-state index in [1.807, 2.05) is 24.4 Å². The summed E-state index contributed by atoms with van der Waals surface area (Å²) in [6.45, 7) is 0.721. The Morgan fingerprint density at radius 1 is 1.33 bits per heavy atom. The van der Waals surface area contributed by atoms with Gasteiger partial charge in [0, 0.05) is 18.3 Å². The maximum absolute atomic E-state index is 5.34. The Labute approximate surface area is 73.1 Å². The molecule has 0 amide bonds. The SMILES string of the molecule is NCCC=CCc1ccccn1. The van der Waals surface area contributed by atoms with Crippen LogP contribution in [0.1, 0.15) is 12.1 Å². The first-order valence-electron chi connectivity index (χ1n) is 4.18. The fourth-order valence-corrected chi connectivity index (χ4v) is 0.937. The van der Waals surface area contributed by atoms with E-state index in [9.17, 15) is 0 Å². The van der Waals surface area contributed by atoms with Crippen LogP contribution in [-0.2, 0) is 6.42 Å². The van der Waals surface area contributed by atoms with Crippen molar-refractivity contribution in [1.29, 1.82) is 0 Å². The van der Waals surface area contributed by atoms with Crippen molar-refractivity contribution in [3.63, 3.8) is 0 Å². The molecule has 0 atom stereocenters. The number of hydrogen-bond acceptors (Lipinski definition) is 2. The van der Waals surface area contributed by atoms with Crippen LogP contribution >= 0.6 is 0 Å². The summed E-state index contributed by atoms with van der Waals surface area (Å²) in [5, 5.41) is 0. The van der Waals surface area contributed by atoms with E-state index in [0.29, 0.717) is 0 Å². The molecule has 12 heavy (non-hydrogen) atoms. The highest BCUT2D eigenvalue weighted by molar-refractivity contribution is 5.07. The maximum atomic E-state index is 5.34. The first-order valence-corrected chi connectivity index (χ1v) is 4.18. The molecule has 0 radical (unpaired) electrons. The topological polar surface area (TPSA) is 38.9 Å². The Kier molecular flexibility index (Phi) is 4.09. The molecule has 0 unspecified atom stereocenters. The van der Waals surface area contributed by atoms with Crippen molar-refractivity contribution in [2.45, 2.75) is 12.8 Å². The van der Waals surface area contributed by atoms with Crippen LogP contribution in [0.3, 0.4) is 0 Å². The zero-order chi connectivity index (χ0) is 8.65. The van der Waals surface area contributed by atoms with E-state index >= 15 is 0 Å². The van der Waals surface area contributed by atoms with E-state index in [2.05, 4.69) is 17.1 Å². The summed E-state index contributed by atoms with van der Waals surface area (Å²) in [7, 11) is 0. The van der Waals surface area contributed by atoms with Crippen LogP contribution in [0, 0.1) is 0 Å². The molecule has 0 saturated heterocycles. The van der Waals surface area contributed by atoms with E-state index in [1.54, 1.807) is 0 Å². The van der Waals surface area contributed by atoms with Crippen molar-refractivity contribution in [1.82, 2.24) is 4.98 Å². The third-order valence-corrected chi connectivity index (χ3v) is 1.55. The molecular formula is C10H14N2. The lowest BCUT2D eigenvalue weighted by Crippen LogP contribution is -1.95. The number of nitrogens with two attached hydrogens (primary N) is 1. The van der Waals surface area contributed by atoms with Crippen LogP contribution < -0.4 is 5.73 Å². The van der Waals surface area contributed by atoms with Crippen molar-refractivity contribution < 1.29 is 0 Å². The quantitative estimate of drug-likeness (QED) is 0.682. The fraction of sp³-hybridized carbons (Fsp3) is 0.300. The lowest BCUT2D eigenvalue weighted by molar-refractivity contribution is 0.996. The molecule has 0 aromatic carbocycles. The summed E-state index contributed by atoms with van der Waals surface area (Å²) in [6, 6.07) is 5.94. The number of pyridine rings is 1.